The molecule has 1 amide bonds. The molecule has 0 aliphatic heterocycles. The van der Waals surface area contributed by atoms with Gasteiger partial charge in [0.1, 0.15) is 12.4 Å². The Morgan fingerprint density at radius 1 is 1.35 bits per heavy atom. The van der Waals surface area contributed by atoms with E-state index in [0.29, 0.717) is 19.7 Å². The van der Waals surface area contributed by atoms with Gasteiger partial charge in [0.05, 0.1) is 6.54 Å². The predicted octanol–water partition coefficient (Wildman–Crippen LogP) is -0.0588. The van der Waals surface area contributed by atoms with Crippen LogP contribution in [0.2, 0.25) is 0 Å². The number of nitrogens with two attached hydrogens (primary N) is 2. The molecular weight excluding hydrogens is 218 g/mol. The monoisotopic (exact) mass is 237 g/mol. The standard InChI is InChI=1S/C12H19N3O2/c1-15(9-12(14)16)6-7-17-11-4-2-10(8-13)3-5-11/h2-5H,6-9,13H2,1H3,(H2,14,16). The van der Waals surface area contributed by atoms with Gasteiger partial charge in [0.15, 0.2) is 0 Å². The van der Waals surface area contributed by atoms with Crippen molar-refractivity contribution in [1.29, 1.82) is 0 Å². The predicted molar refractivity (Wildman–Crippen MR) is 66.5 cm³/mol. The molecule has 5 nitrogen and oxygen atoms in total. The summed E-state index contributed by atoms with van der Waals surface area (Å²) in [5, 5.41) is 0. The maximum absolute atomic E-state index is 10.6. The molecule has 1 aromatic carbocycles. The van der Waals surface area contributed by atoms with Gasteiger partial charge < -0.3 is 16.2 Å². The van der Waals surface area contributed by atoms with Gasteiger partial charge in [0.2, 0.25) is 5.91 Å². The van der Waals surface area contributed by atoms with E-state index in [0.717, 1.165) is 11.3 Å². The molecule has 0 spiro atoms. The fourth-order valence-electron chi connectivity index (χ4n) is 1.39. The first-order chi connectivity index (χ1) is 8.11. The number of benzene rings is 1. The number of hydrogen-bond acceptors (Lipinski definition) is 4. The van der Waals surface area contributed by atoms with Gasteiger partial charge in [0.25, 0.3) is 0 Å². The average Bonchev–Trinajstić information content (AvgIpc) is 2.29. The van der Waals surface area contributed by atoms with E-state index in [1.54, 1.807) is 0 Å². The van der Waals surface area contributed by atoms with Gasteiger partial charge in [0, 0.05) is 13.1 Å². The second kappa shape index (κ2) is 6.88. The minimum Gasteiger partial charge on any atom is -0.492 e. The van der Waals surface area contributed by atoms with Crippen LogP contribution in [-0.2, 0) is 11.3 Å². The van der Waals surface area contributed by atoms with Crippen LogP contribution in [0.15, 0.2) is 24.3 Å². The van der Waals surface area contributed by atoms with Crippen LogP contribution in [0.25, 0.3) is 0 Å². The number of likely N-dealkylation sites (N-methyl/N-ethyl adjacent to an activating group) is 1. The number of rotatable bonds is 7. The number of primary amides is 1. The van der Waals surface area contributed by atoms with Crippen LogP contribution in [0.5, 0.6) is 5.75 Å². The van der Waals surface area contributed by atoms with E-state index in [1.807, 2.05) is 36.2 Å². The molecule has 94 valence electrons. The van der Waals surface area contributed by atoms with E-state index in [9.17, 15) is 4.79 Å². The first-order valence-electron chi connectivity index (χ1n) is 5.50. The summed E-state index contributed by atoms with van der Waals surface area (Å²) in [7, 11) is 1.83. The molecule has 0 saturated heterocycles. The number of ether oxygens (including phenoxy) is 1. The summed E-state index contributed by atoms with van der Waals surface area (Å²) in [6.07, 6.45) is 0. The summed E-state index contributed by atoms with van der Waals surface area (Å²) in [6.45, 7) is 1.95. The maximum Gasteiger partial charge on any atom is 0.231 e. The van der Waals surface area contributed by atoms with Gasteiger partial charge in [-0.3, -0.25) is 9.69 Å². The van der Waals surface area contributed by atoms with Crippen molar-refractivity contribution in [3.05, 3.63) is 29.8 Å². The van der Waals surface area contributed by atoms with Crippen LogP contribution in [-0.4, -0.2) is 37.6 Å². The SMILES string of the molecule is CN(CCOc1ccc(CN)cc1)CC(N)=O. The Kier molecular flexibility index (Phi) is 5.45. The van der Waals surface area contributed by atoms with E-state index in [1.165, 1.54) is 0 Å². The van der Waals surface area contributed by atoms with Crippen molar-refractivity contribution in [2.75, 3.05) is 26.7 Å². The van der Waals surface area contributed by atoms with Crippen LogP contribution in [0.1, 0.15) is 5.56 Å². The smallest absolute Gasteiger partial charge is 0.231 e. The van der Waals surface area contributed by atoms with E-state index < -0.39 is 0 Å². The Hall–Kier alpha value is -1.59. The van der Waals surface area contributed by atoms with Crippen molar-refractivity contribution in [3.8, 4) is 5.75 Å². The topological polar surface area (TPSA) is 81.6 Å². The highest BCUT2D eigenvalue weighted by Crippen LogP contribution is 2.11. The lowest BCUT2D eigenvalue weighted by molar-refractivity contribution is -0.118. The van der Waals surface area contributed by atoms with Crippen LogP contribution in [0.3, 0.4) is 0 Å². The van der Waals surface area contributed by atoms with Gasteiger partial charge in [-0.15, -0.1) is 0 Å². The van der Waals surface area contributed by atoms with Crippen molar-refractivity contribution >= 4 is 5.91 Å². The molecule has 0 aliphatic rings. The number of carbonyl (C=O) groups excluding carboxylic acids is 1. The van der Waals surface area contributed by atoms with Crippen molar-refractivity contribution < 1.29 is 9.53 Å². The third-order valence-electron chi connectivity index (χ3n) is 2.33. The molecule has 0 bridgehead atoms. The Balaban J connectivity index is 2.28. The second-order valence-corrected chi connectivity index (χ2v) is 3.90. The van der Waals surface area contributed by atoms with Gasteiger partial charge in [-0.2, -0.15) is 0 Å². The first-order valence-corrected chi connectivity index (χ1v) is 5.50. The molecule has 17 heavy (non-hydrogen) atoms. The van der Waals surface area contributed by atoms with Gasteiger partial charge in [-0.25, -0.2) is 0 Å². The van der Waals surface area contributed by atoms with E-state index in [-0.39, 0.29) is 12.5 Å². The minimum absolute atomic E-state index is 0.246. The summed E-state index contributed by atoms with van der Waals surface area (Å²) < 4.78 is 5.52. The summed E-state index contributed by atoms with van der Waals surface area (Å²) in [6, 6.07) is 7.64. The molecule has 1 rings (SSSR count). The van der Waals surface area contributed by atoms with Crippen LogP contribution < -0.4 is 16.2 Å². The normalized spacial score (nSPS) is 10.5. The molecule has 0 unspecified atom stereocenters. The highest BCUT2D eigenvalue weighted by Gasteiger charge is 2.02. The quantitative estimate of drug-likeness (QED) is 0.696. The number of nitrogens with zero attached hydrogens (tertiary/aromatic N) is 1. The third kappa shape index (κ3) is 5.33. The molecule has 0 saturated carbocycles. The third-order valence-corrected chi connectivity index (χ3v) is 2.33. The van der Waals surface area contributed by atoms with Gasteiger partial charge in [-0.05, 0) is 24.7 Å². The zero-order chi connectivity index (χ0) is 12.7. The summed E-state index contributed by atoms with van der Waals surface area (Å²) >= 11 is 0. The van der Waals surface area contributed by atoms with Crippen LogP contribution in [0.4, 0.5) is 0 Å². The maximum atomic E-state index is 10.6. The summed E-state index contributed by atoms with van der Waals surface area (Å²) in [4.78, 5) is 12.5. The highest BCUT2D eigenvalue weighted by molar-refractivity contribution is 5.75. The Morgan fingerprint density at radius 3 is 2.53 bits per heavy atom. The lowest BCUT2D eigenvalue weighted by Crippen LogP contribution is -2.33. The Labute approximate surface area is 101 Å². The molecule has 0 aliphatic carbocycles. The molecule has 0 aromatic heterocycles. The van der Waals surface area contributed by atoms with Crippen LogP contribution >= 0.6 is 0 Å². The molecular formula is C12H19N3O2. The molecule has 1 aromatic rings. The zero-order valence-electron chi connectivity index (χ0n) is 10.1. The Morgan fingerprint density at radius 2 is 2.00 bits per heavy atom. The molecule has 0 heterocycles. The lowest BCUT2D eigenvalue weighted by atomic mass is 10.2. The van der Waals surface area contributed by atoms with Crippen molar-refractivity contribution in [2.24, 2.45) is 11.5 Å². The molecule has 5 heteroatoms. The van der Waals surface area contributed by atoms with Crippen molar-refractivity contribution in [2.45, 2.75) is 6.54 Å². The van der Waals surface area contributed by atoms with E-state index in [4.69, 9.17) is 16.2 Å². The van der Waals surface area contributed by atoms with E-state index >= 15 is 0 Å². The highest BCUT2D eigenvalue weighted by atomic mass is 16.5. The second-order valence-electron chi connectivity index (χ2n) is 3.90. The largest absolute Gasteiger partial charge is 0.492 e. The number of amides is 1. The van der Waals surface area contributed by atoms with Crippen LogP contribution in [0, 0.1) is 0 Å². The fourth-order valence-corrected chi connectivity index (χ4v) is 1.39. The Bertz CT molecular complexity index is 351. The zero-order valence-corrected chi connectivity index (χ0v) is 10.1. The summed E-state index contributed by atoms with van der Waals surface area (Å²) in [5.74, 6) is 0.467. The molecule has 0 fully saturated rings. The van der Waals surface area contributed by atoms with Crippen molar-refractivity contribution in [3.63, 3.8) is 0 Å². The first kappa shape index (κ1) is 13.5. The molecule has 4 N–H and O–H groups in total. The van der Waals surface area contributed by atoms with Crippen molar-refractivity contribution in [1.82, 2.24) is 4.90 Å². The molecule has 0 atom stereocenters. The summed E-state index contributed by atoms with van der Waals surface area (Å²) in [5.41, 5.74) is 11.6. The number of carbonyl (C=O) groups is 1. The van der Waals surface area contributed by atoms with Gasteiger partial charge in [-0.1, -0.05) is 12.1 Å². The van der Waals surface area contributed by atoms with E-state index in [2.05, 4.69) is 0 Å². The fraction of sp³-hybridized carbons (Fsp3) is 0.417. The lowest BCUT2D eigenvalue weighted by Gasteiger charge is -2.14. The van der Waals surface area contributed by atoms with Gasteiger partial charge >= 0.3 is 0 Å². The minimum atomic E-state index is -0.334. The molecule has 0 radical (unpaired) electrons. The average molecular weight is 237 g/mol. The number of hydrogen-bond donors (Lipinski definition) is 2.